The molecule has 1 N–H and O–H groups in total. The molecule has 0 aliphatic heterocycles. The third kappa shape index (κ3) is 2.87. The summed E-state index contributed by atoms with van der Waals surface area (Å²) in [7, 11) is 0. The highest BCUT2D eigenvalue weighted by atomic mass is 32.2. The molecule has 2 aromatic heterocycles. The Morgan fingerprint density at radius 2 is 1.95 bits per heavy atom. The summed E-state index contributed by atoms with van der Waals surface area (Å²) in [5.74, 6) is -0.528. The van der Waals surface area contributed by atoms with Crippen LogP contribution < -0.4 is 5.56 Å². The number of rotatable bonds is 4. The summed E-state index contributed by atoms with van der Waals surface area (Å²) < 4.78 is 1.47. The van der Waals surface area contributed by atoms with E-state index in [1.165, 1.54) is 22.2 Å². The van der Waals surface area contributed by atoms with Crippen molar-refractivity contribution < 1.29 is 9.90 Å². The van der Waals surface area contributed by atoms with E-state index in [0.29, 0.717) is 22.0 Å². The molecule has 6 heteroatoms. The number of benzene rings is 1. The predicted molar refractivity (Wildman–Crippen MR) is 84.4 cm³/mol. The fourth-order valence-corrected chi connectivity index (χ4v) is 3.03. The Bertz CT molecular complexity index is 905. The van der Waals surface area contributed by atoms with Gasteiger partial charge in [0.1, 0.15) is 5.65 Å². The van der Waals surface area contributed by atoms with Gasteiger partial charge in [0.05, 0.1) is 11.3 Å². The minimum atomic E-state index is -0.963. The molecule has 3 aromatic rings. The minimum Gasteiger partial charge on any atom is -0.478 e. The lowest BCUT2D eigenvalue weighted by atomic mass is 10.2. The molecule has 0 spiro atoms. The van der Waals surface area contributed by atoms with E-state index in [9.17, 15) is 9.59 Å². The molecule has 0 saturated carbocycles. The highest BCUT2D eigenvalue weighted by Gasteiger charge is 2.10. The van der Waals surface area contributed by atoms with Gasteiger partial charge in [-0.15, -0.1) is 11.8 Å². The molecule has 0 atom stereocenters. The van der Waals surface area contributed by atoms with Crippen molar-refractivity contribution in [2.24, 2.45) is 0 Å². The highest BCUT2D eigenvalue weighted by molar-refractivity contribution is 7.98. The van der Waals surface area contributed by atoms with E-state index < -0.39 is 5.97 Å². The Morgan fingerprint density at radius 1 is 1.18 bits per heavy atom. The van der Waals surface area contributed by atoms with E-state index in [0.717, 1.165) is 0 Å². The van der Waals surface area contributed by atoms with E-state index in [2.05, 4.69) is 4.98 Å². The standard InChI is InChI=1S/C16H12N2O3S/c19-15-9-11(17-14-7-3-4-8-18(14)15)10-22-13-6-2-1-5-12(13)16(20)21/h1-9H,10H2,(H,20,21). The number of fused-ring (bicyclic) bond motifs is 1. The van der Waals surface area contributed by atoms with Crippen LogP contribution in [0, 0.1) is 0 Å². The van der Waals surface area contributed by atoms with E-state index in [-0.39, 0.29) is 11.1 Å². The molecule has 5 nitrogen and oxygen atoms in total. The number of hydrogen-bond donors (Lipinski definition) is 1. The summed E-state index contributed by atoms with van der Waals surface area (Å²) in [6.07, 6.45) is 1.67. The molecule has 1 aromatic carbocycles. The summed E-state index contributed by atoms with van der Waals surface area (Å²) >= 11 is 1.35. The number of hydrogen-bond acceptors (Lipinski definition) is 4. The van der Waals surface area contributed by atoms with Gasteiger partial charge in [0.15, 0.2) is 0 Å². The molecule has 0 aliphatic carbocycles. The molecule has 0 amide bonds. The zero-order valence-electron chi connectivity index (χ0n) is 11.5. The number of pyridine rings is 1. The molecule has 0 radical (unpaired) electrons. The Morgan fingerprint density at radius 3 is 2.77 bits per heavy atom. The van der Waals surface area contributed by atoms with Crippen molar-refractivity contribution in [2.75, 3.05) is 0 Å². The van der Waals surface area contributed by atoms with Crippen molar-refractivity contribution in [3.8, 4) is 0 Å². The van der Waals surface area contributed by atoms with E-state index in [1.54, 1.807) is 42.6 Å². The second-order valence-electron chi connectivity index (χ2n) is 4.60. The van der Waals surface area contributed by atoms with Crippen LogP contribution in [0.5, 0.6) is 0 Å². The SMILES string of the molecule is O=C(O)c1ccccc1SCc1cc(=O)n2ccccc2n1. The number of carboxylic acid groups (broad SMARTS) is 1. The van der Waals surface area contributed by atoms with Crippen molar-refractivity contribution in [1.29, 1.82) is 0 Å². The van der Waals surface area contributed by atoms with Crippen LogP contribution in [-0.2, 0) is 5.75 Å². The van der Waals surface area contributed by atoms with Crippen LogP contribution in [0.4, 0.5) is 0 Å². The van der Waals surface area contributed by atoms with Gasteiger partial charge in [0, 0.05) is 22.9 Å². The molecule has 2 heterocycles. The molecule has 0 saturated heterocycles. The molecular weight excluding hydrogens is 300 g/mol. The second-order valence-corrected chi connectivity index (χ2v) is 5.62. The first-order chi connectivity index (χ1) is 10.6. The maximum atomic E-state index is 12.0. The van der Waals surface area contributed by atoms with Gasteiger partial charge in [0.25, 0.3) is 5.56 Å². The molecule has 0 bridgehead atoms. The quantitative estimate of drug-likeness (QED) is 0.750. The van der Waals surface area contributed by atoms with Crippen molar-refractivity contribution in [3.63, 3.8) is 0 Å². The number of thioether (sulfide) groups is 1. The number of aromatic nitrogens is 2. The number of carboxylic acids is 1. The first kappa shape index (κ1) is 14.3. The minimum absolute atomic E-state index is 0.146. The zero-order chi connectivity index (χ0) is 15.5. The summed E-state index contributed by atoms with van der Waals surface area (Å²) in [6.45, 7) is 0. The van der Waals surface area contributed by atoms with Crippen LogP contribution in [-0.4, -0.2) is 20.5 Å². The third-order valence-electron chi connectivity index (χ3n) is 3.12. The molecule has 110 valence electrons. The maximum absolute atomic E-state index is 12.0. The third-order valence-corrected chi connectivity index (χ3v) is 4.22. The van der Waals surface area contributed by atoms with Crippen LogP contribution in [0.25, 0.3) is 5.65 Å². The van der Waals surface area contributed by atoms with Gasteiger partial charge in [-0.3, -0.25) is 9.20 Å². The van der Waals surface area contributed by atoms with E-state index >= 15 is 0 Å². The Balaban J connectivity index is 1.89. The van der Waals surface area contributed by atoms with Gasteiger partial charge in [-0.2, -0.15) is 0 Å². The molecule has 3 rings (SSSR count). The molecular formula is C16H12N2O3S. The van der Waals surface area contributed by atoms with Gasteiger partial charge in [-0.25, -0.2) is 9.78 Å². The van der Waals surface area contributed by atoms with Crippen LogP contribution in [0.3, 0.4) is 0 Å². The van der Waals surface area contributed by atoms with Crippen molar-refractivity contribution in [1.82, 2.24) is 9.38 Å². The topological polar surface area (TPSA) is 71.7 Å². The number of nitrogens with zero attached hydrogens (tertiary/aromatic N) is 2. The second kappa shape index (κ2) is 6.03. The normalized spacial score (nSPS) is 10.7. The first-order valence-electron chi connectivity index (χ1n) is 6.57. The van der Waals surface area contributed by atoms with Gasteiger partial charge >= 0.3 is 5.97 Å². The van der Waals surface area contributed by atoms with Crippen molar-refractivity contribution in [3.05, 3.63) is 76.3 Å². The number of aromatic carboxylic acids is 1. The summed E-state index contributed by atoms with van der Waals surface area (Å²) in [4.78, 5) is 28.3. The molecule has 0 fully saturated rings. The summed E-state index contributed by atoms with van der Waals surface area (Å²) in [6, 6.07) is 13.6. The van der Waals surface area contributed by atoms with Gasteiger partial charge < -0.3 is 5.11 Å². The van der Waals surface area contributed by atoms with Crippen LogP contribution in [0.2, 0.25) is 0 Å². The average Bonchev–Trinajstić information content (AvgIpc) is 2.53. The number of carbonyl (C=O) groups is 1. The predicted octanol–water partition coefficient (Wildman–Crippen LogP) is 2.69. The van der Waals surface area contributed by atoms with Gasteiger partial charge in [0.2, 0.25) is 0 Å². The van der Waals surface area contributed by atoms with Gasteiger partial charge in [-0.1, -0.05) is 18.2 Å². The van der Waals surface area contributed by atoms with E-state index in [1.807, 2.05) is 6.07 Å². The lowest BCUT2D eigenvalue weighted by Gasteiger charge is -2.06. The lowest BCUT2D eigenvalue weighted by molar-refractivity contribution is 0.0693. The Hall–Kier alpha value is -2.60. The summed E-state index contributed by atoms with van der Waals surface area (Å²) in [5, 5.41) is 9.17. The zero-order valence-corrected chi connectivity index (χ0v) is 12.3. The molecule has 22 heavy (non-hydrogen) atoms. The smallest absolute Gasteiger partial charge is 0.336 e. The van der Waals surface area contributed by atoms with Crippen LogP contribution in [0.15, 0.2) is 64.4 Å². The molecule has 0 unspecified atom stereocenters. The Labute approximate surface area is 130 Å². The van der Waals surface area contributed by atoms with Crippen LogP contribution >= 0.6 is 11.8 Å². The maximum Gasteiger partial charge on any atom is 0.336 e. The largest absolute Gasteiger partial charge is 0.478 e. The monoisotopic (exact) mass is 312 g/mol. The highest BCUT2D eigenvalue weighted by Crippen LogP contribution is 2.25. The molecule has 0 aliphatic rings. The van der Waals surface area contributed by atoms with Crippen molar-refractivity contribution in [2.45, 2.75) is 10.6 Å². The fraction of sp³-hybridized carbons (Fsp3) is 0.0625. The van der Waals surface area contributed by atoms with Crippen LogP contribution in [0.1, 0.15) is 16.1 Å². The fourth-order valence-electron chi connectivity index (χ4n) is 2.10. The van der Waals surface area contributed by atoms with Gasteiger partial charge in [-0.05, 0) is 24.3 Å². The Kier molecular flexibility index (Phi) is 3.93. The van der Waals surface area contributed by atoms with E-state index in [4.69, 9.17) is 5.11 Å². The average molecular weight is 312 g/mol. The van der Waals surface area contributed by atoms with Crippen molar-refractivity contribution >= 4 is 23.4 Å². The lowest BCUT2D eigenvalue weighted by Crippen LogP contribution is -2.14. The summed E-state index contributed by atoms with van der Waals surface area (Å²) in [5.41, 5.74) is 1.32. The first-order valence-corrected chi connectivity index (χ1v) is 7.56.